The largest absolute Gasteiger partial charge is 0.373 e. The molecule has 9 nitrogen and oxygen atoms in total. The third kappa shape index (κ3) is 4.83. The topological polar surface area (TPSA) is 114 Å². The Morgan fingerprint density at radius 1 is 1.09 bits per heavy atom. The van der Waals surface area contributed by atoms with E-state index in [1.165, 1.54) is 10.6 Å². The third-order valence-electron chi connectivity index (χ3n) is 5.45. The predicted octanol–water partition coefficient (Wildman–Crippen LogP) is 5.36. The zero-order valence-corrected chi connectivity index (χ0v) is 20.5. The highest BCUT2D eigenvalue weighted by atomic mass is 35.5. The monoisotopic (exact) mass is 498 g/mol. The van der Waals surface area contributed by atoms with Crippen LogP contribution in [0.2, 0.25) is 5.02 Å². The molecule has 4 aromatic rings. The van der Waals surface area contributed by atoms with Gasteiger partial charge in [-0.25, -0.2) is 14.2 Å². The van der Waals surface area contributed by atoms with Gasteiger partial charge in [-0.05, 0) is 18.2 Å². The fraction of sp³-hybridized carbons (Fsp3) is 0.250. The summed E-state index contributed by atoms with van der Waals surface area (Å²) < 4.78 is 21.4. The average Bonchev–Trinajstić information content (AvgIpc) is 3.27. The Hall–Kier alpha value is -3.92. The Kier molecular flexibility index (Phi) is 6.25. The van der Waals surface area contributed by atoms with Crippen LogP contribution in [-0.2, 0) is 12.5 Å². The molecule has 0 saturated carbocycles. The number of halogens is 2. The molecule has 35 heavy (non-hydrogen) atoms. The quantitative estimate of drug-likeness (QED) is 0.349. The van der Waals surface area contributed by atoms with Gasteiger partial charge in [-0.2, -0.15) is 0 Å². The molecule has 0 saturated heterocycles. The summed E-state index contributed by atoms with van der Waals surface area (Å²) >= 11 is 6.31. The number of anilines is 3. The van der Waals surface area contributed by atoms with Crippen molar-refractivity contribution in [3.8, 4) is 11.1 Å². The van der Waals surface area contributed by atoms with E-state index in [2.05, 4.69) is 26.1 Å². The Balaban J connectivity index is 1.67. The van der Waals surface area contributed by atoms with Crippen LogP contribution in [-0.4, -0.2) is 27.8 Å². The normalized spacial score (nSPS) is 11.5. The number of carbonyl (C=O) groups is 1. The molecule has 0 radical (unpaired) electrons. The SMILES string of the molecule is CNc1cc2c(cn1)cc(-c1cc(NC(=O)Nc3cc(C(C)(C)C)on3)c(F)cc1Cl)c(=O)n2C. The van der Waals surface area contributed by atoms with Crippen molar-refractivity contribution in [1.29, 1.82) is 0 Å². The molecular formula is C24H24ClFN6O3. The number of benzene rings is 1. The first kappa shape index (κ1) is 24.2. The molecular weight excluding hydrogens is 475 g/mol. The van der Waals surface area contributed by atoms with E-state index < -0.39 is 11.8 Å². The van der Waals surface area contributed by atoms with E-state index in [-0.39, 0.29) is 38.6 Å². The molecule has 3 N–H and O–H groups in total. The first-order valence-corrected chi connectivity index (χ1v) is 11.1. The lowest BCUT2D eigenvalue weighted by molar-refractivity contribution is 0.261. The summed E-state index contributed by atoms with van der Waals surface area (Å²) in [5.74, 6) is 0.608. The number of fused-ring (bicyclic) bond motifs is 1. The zero-order chi connectivity index (χ0) is 25.5. The lowest BCUT2D eigenvalue weighted by atomic mass is 9.93. The van der Waals surface area contributed by atoms with Crippen molar-refractivity contribution in [3.63, 3.8) is 0 Å². The highest BCUT2D eigenvalue weighted by Crippen LogP contribution is 2.33. The molecule has 3 heterocycles. The molecule has 4 rings (SSSR count). The Bertz CT molecular complexity index is 1510. The van der Waals surface area contributed by atoms with Crippen molar-refractivity contribution in [3.05, 3.63) is 63.5 Å². The zero-order valence-electron chi connectivity index (χ0n) is 19.8. The van der Waals surface area contributed by atoms with E-state index in [9.17, 15) is 14.0 Å². The summed E-state index contributed by atoms with van der Waals surface area (Å²) in [5, 5.41) is 12.4. The van der Waals surface area contributed by atoms with E-state index in [1.54, 1.807) is 38.5 Å². The van der Waals surface area contributed by atoms with Crippen LogP contribution < -0.4 is 21.5 Å². The number of rotatable bonds is 4. The van der Waals surface area contributed by atoms with E-state index in [4.69, 9.17) is 16.1 Å². The average molecular weight is 499 g/mol. The van der Waals surface area contributed by atoms with E-state index in [0.29, 0.717) is 22.5 Å². The summed E-state index contributed by atoms with van der Waals surface area (Å²) in [5.41, 5.74) is 0.367. The molecule has 0 aliphatic heterocycles. The summed E-state index contributed by atoms with van der Waals surface area (Å²) in [6, 6.07) is 6.61. The molecule has 2 amide bonds. The molecule has 0 bridgehead atoms. The lowest BCUT2D eigenvalue weighted by Crippen LogP contribution is -2.21. The van der Waals surface area contributed by atoms with Crippen LogP contribution in [0.1, 0.15) is 26.5 Å². The second-order valence-electron chi connectivity index (χ2n) is 9.02. The second kappa shape index (κ2) is 9.03. The van der Waals surface area contributed by atoms with Gasteiger partial charge in [0.05, 0.1) is 16.2 Å². The second-order valence-corrected chi connectivity index (χ2v) is 9.43. The minimum absolute atomic E-state index is 0.0241. The highest BCUT2D eigenvalue weighted by molar-refractivity contribution is 6.33. The smallest absolute Gasteiger partial charge is 0.325 e. The van der Waals surface area contributed by atoms with Crippen LogP contribution in [0.5, 0.6) is 0 Å². The Morgan fingerprint density at radius 2 is 1.83 bits per heavy atom. The predicted molar refractivity (Wildman–Crippen MR) is 135 cm³/mol. The maximum atomic E-state index is 14.7. The number of amides is 2. The molecule has 1 aromatic carbocycles. The van der Waals surface area contributed by atoms with Gasteiger partial charge in [0.1, 0.15) is 17.4 Å². The molecule has 0 fully saturated rings. The molecule has 0 atom stereocenters. The van der Waals surface area contributed by atoms with Gasteiger partial charge in [0, 0.05) is 54.4 Å². The number of carbonyl (C=O) groups excluding carboxylic acids is 1. The van der Waals surface area contributed by atoms with Crippen molar-refractivity contribution in [1.82, 2.24) is 14.7 Å². The number of pyridine rings is 2. The summed E-state index contributed by atoms with van der Waals surface area (Å²) in [7, 11) is 3.36. The summed E-state index contributed by atoms with van der Waals surface area (Å²) in [6.45, 7) is 5.82. The van der Waals surface area contributed by atoms with Crippen LogP contribution in [0.25, 0.3) is 22.0 Å². The Labute approximate surface area is 205 Å². The van der Waals surface area contributed by atoms with Gasteiger partial charge in [0.25, 0.3) is 5.56 Å². The maximum absolute atomic E-state index is 14.7. The number of hydrogen-bond donors (Lipinski definition) is 3. The van der Waals surface area contributed by atoms with Gasteiger partial charge in [0.15, 0.2) is 5.82 Å². The van der Waals surface area contributed by atoms with E-state index in [0.717, 1.165) is 6.07 Å². The van der Waals surface area contributed by atoms with Gasteiger partial charge in [-0.3, -0.25) is 10.1 Å². The summed E-state index contributed by atoms with van der Waals surface area (Å²) in [6.07, 6.45) is 1.62. The standard InChI is InChI=1S/C24H24ClFN6O3/c1-24(2,3)19-10-21(31-35-19)30-23(34)29-17-7-13(15(25)8-16(17)26)14-6-12-11-28-20(27-4)9-18(12)32(5)22(14)33/h6-11H,1-5H3,(H,27,28)(H2,29,30,31,34). The van der Waals surface area contributed by atoms with Gasteiger partial charge < -0.3 is 19.7 Å². The van der Waals surface area contributed by atoms with Crippen molar-refractivity contribution in [2.45, 2.75) is 26.2 Å². The molecule has 0 spiro atoms. The minimum Gasteiger partial charge on any atom is -0.373 e. The van der Waals surface area contributed by atoms with Crippen molar-refractivity contribution >= 4 is 45.9 Å². The number of nitrogens with one attached hydrogen (secondary N) is 3. The lowest BCUT2D eigenvalue weighted by Gasteiger charge is -2.13. The first-order chi connectivity index (χ1) is 16.5. The van der Waals surface area contributed by atoms with Crippen molar-refractivity contribution in [2.24, 2.45) is 7.05 Å². The van der Waals surface area contributed by atoms with Crippen LogP contribution in [0.4, 0.5) is 26.5 Å². The highest BCUT2D eigenvalue weighted by Gasteiger charge is 2.21. The van der Waals surface area contributed by atoms with Crippen LogP contribution in [0.15, 0.2) is 45.8 Å². The number of hydrogen-bond acceptors (Lipinski definition) is 6. The number of aromatic nitrogens is 3. The van der Waals surface area contributed by atoms with Crippen LogP contribution >= 0.6 is 11.6 Å². The Morgan fingerprint density at radius 3 is 2.49 bits per heavy atom. The number of nitrogens with zero attached hydrogens (tertiary/aromatic N) is 3. The van der Waals surface area contributed by atoms with Gasteiger partial charge in [0.2, 0.25) is 0 Å². The van der Waals surface area contributed by atoms with Gasteiger partial charge in [-0.1, -0.05) is 37.5 Å². The molecule has 182 valence electrons. The van der Waals surface area contributed by atoms with E-state index in [1.807, 2.05) is 20.8 Å². The molecule has 0 unspecified atom stereocenters. The number of aryl methyl sites for hydroxylation is 1. The van der Waals surface area contributed by atoms with Gasteiger partial charge >= 0.3 is 6.03 Å². The fourth-order valence-corrected chi connectivity index (χ4v) is 3.75. The fourth-order valence-electron chi connectivity index (χ4n) is 3.50. The van der Waals surface area contributed by atoms with Crippen LogP contribution in [0.3, 0.4) is 0 Å². The first-order valence-electron chi connectivity index (χ1n) is 10.7. The number of urea groups is 1. The van der Waals surface area contributed by atoms with Crippen LogP contribution in [0, 0.1) is 5.82 Å². The van der Waals surface area contributed by atoms with Crippen molar-refractivity contribution in [2.75, 3.05) is 23.0 Å². The third-order valence-corrected chi connectivity index (χ3v) is 5.76. The minimum atomic E-state index is -0.762. The maximum Gasteiger partial charge on any atom is 0.325 e. The molecule has 0 aliphatic carbocycles. The van der Waals surface area contributed by atoms with E-state index >= 15 is 0 Å². The molecule has 0 aliphatic rings. The molecule has 11 heteroatoms. The van der Waals surface area contributed by atoms with Crippen molar-refractivity contribution < 1.29 is 13.7 Å². The molecule has 3 aromatic heterocycles. The summed E-state index contributed by atoms with van der Waals surface area (Å²) in [4.78, 5) is 29.9. The van der Waals surface area contributed by atoms with Gasteiger partial charge in [-0.15, -0.1) is 0 Å².